The molecule has 1 aromatic rings. The first kappa shape index (κ1) is 19.1. The van der Waals surface area contributed by atoms with Gasteiger partial charge in [0.15, 0.2) is 0 Å². The highest BCUT2D eigenvalue weighted by Crippen LogP contribution is 2.05. The lowest BCUT2D eigenvalue weighted by molar-refractivity contribution is -0.121. The van der Waals surface area contributed by atoms with Gasteiger partial charge in [-0.1, -0.05) is 27.2 Å². The Bertz CT molecular complexity index is 500. The summed E-state index contributed by atoms with van der Waals surface area (Å²) in [5.41, 5.74) is 1.10. The standard InChI is InChI=1S/C17H28N4O2/c1-5-6-8-21(9-7-16(22)20-10-13(2)3)17(23)15-12-18-14(4)11-19-15/h11-13H,5-10H2,1-4H3,(H,20,22). The zero-order valence-corrected chi connectivity index (χ0v) is 14.6. The number of rotatable bonds is 9. The highest BCUT2D eigenvalue weighted by Gasteiger charge is 2.18. The molecule has 1 N–H and O–H groups in total. The second-order valence-electron chi connectivity index (χ2n) is 6.14. The maximum Gasteiger partial charge on any atom is 0.274 e. The molecule has 1 heterocycles. The number of carbonyl (C=O) groups excluding carboxylic acids is 2. The van der Waals surface area contributed by atoms with Crippen LogP contribution in [0.15, 0.2) is 12.4 Å². The summed E-state index contributed by atoms with van der Waals surface area (Å²) in [5, 5.41) is 2.87. The van der Waals surface area contributed by atoms with Crippen LogP contribution in [0, 0.1) is 12.8 Å². The van der Waals surface area contributed by atoms with Crippen LogP contribution in [0.1, 0.15) is 56.2 Å². The maximum absolute atomic E-state index is 12.5. The molecular formula is C17H28N4O2. The van der Waals surface area contributed by atoms with Gasteiger partial charge in [0.05, 0.1) is 11.9 Å². The summed E-state index contributed by atoms with van der Waals surface area (Å²) < 4.78 is 0. The molecule has 0 fully saturated rings. The van der Waals surface area contributed by atoms with E-state index in [9.17, 15) is 9.59 Å². The first-order chi connectivity index (χ1) is 10.9. The molecule has 23 heavy (non-hydrogen) atoms. The van der Waals surface area contributed by atoms with Crippen LogP contribution in [0.4, 0.5) is 0 Å². The molecule has 1 aromatic heterocycles. The average molecular weight is 320 g/mol. The van der Waals surface area contributed by atoms with Crippen LogP contribution >= 0.6 is 0 Å². The van der Waals surface area contributed by atoms with E-state index in [0.29, 0.717) is 37.7 Å². The van der Waals surface area contributed by atoms with Crippen molar-refractivity contribution in [1.82, 2.24) is 20.2 Å². The van der Waals surface area contributed by atoms with Crippen LogP contribution < -0.4 is 5.32 Å². The Labute approximate surface area is 138 Å². The quantitative estimate of drug-likeness (QED) is 0.757. The molecule has 0 aliphatic carbocycles. The molecule has 128 valence electrons. The third-order valence-electron chi connectivity index (χ3n) is 3.39. The van der Waals surface area contributed by atoms with Crippen molar-refractivity contribution in [3.8, 4) is 0 Å². The Hall–Kier alpha value is -1.98. The summed E-state index contributed by atoms with van der Waals surface area (Å²) in [7, 11) is 0. The average Bonchev–Trinajstić information content (AvgIpc) is 2.53. The lowest BCUT2D eigenvalue weighted by Gasteiger charge is -2.22. The van der Waals surface area contributed by atoms with E-state index in [1.807, 2.05) is 20.8 Å². The summed E-state index contributed by atoms with van der Waals surface area (Å²) >= 11 is 0. The van der Waals surface area contributed by atoms with Gasteiger partial charge in [0.1, 0.15) is 5.69 Å². The zero-order valence-electron chi connectivity index (χ0n) is 14.6. The number of nitrogens with one attached hydrogen (secondary N) is 1. The molecule has 0 bridgehead atoms. The van der Waals surface area contributed by atoms with E-state index in [-0.39, 0.29) is 11.8 Å². The van der Waals surface area contributed by atoms with Gasteiger partial charge in [0, 0.05) is 32.3 Å². The van der Waals surface area contributed by atoms with Gasteiger partial charge in [-0.25, -0.2) is 4.98 Å². The van der Waals surface area contributed by atoms with Gasteiger partial charge in [-0.05, 0) is 19.3 Å². The van der Waals surface area contributed by atoms with Crippen molar-refractivity contribution < 1.29 is 9.59 Å². The van der Waals surface area contributed by atoms with Gasteiger partial charge < -0.3 is 10.2 Å². The number of hydrogen-bond donors (Lipinski definition) is 1. The maximum atomic E-state index is 12.5. The Kier molecular flexibility index (Phi) is 8.22. The Morgan fingerprint density at radius 1 is 1.22 bits per heavy atom. The Balaban J connectivity index is 2.62. The largest absolute Gasteiger partial charge is 0.356 e. The molecule has 0 saturated carbocycles. The van der Waals surface area contributed by atoms with E-state index < -0.39 is 0 Å². The molecular weight excluding hydrogens is 292 g/mol. The van der Waals surface area contributed by atoms with Crippen molar-refractivity contribution >= 4 is 11.8 Å². The van der Waals surface area contributed by atoms with Crippen molar-refractivity contribution in [1.29, 1.82) is 0 Å². The van der Waals surface area contributed by atoms with E-state index in [2.05, 4.69) is 22.2 Å². The third kappa shape index (κ3) is 7.21. The molecule has 6 heteroatoms. The second-order valence-corrected chi connectivity index (χ2v) is 6.14. The SMILES string of the molecule is CCCCN(CCC(=O)NCC(C)C)C(=O)c1cnc(C)cn1. The molecule has 2 amide bonds. The smallest absolute Gasteiger partial charge is 0.274 e. The molecule has 0 radical (unpaired) electrons. The van der Waals surface area contributed by atoms with Gasteiger partial charge in [-0.2, -0.15) is 0 Å². The number of nitrogens with zero attached hydrogens (tertiary/aromatic N) is 3. The van der Waals surface area contributed by atoms with Crippen molar-refractivity contribution in [2.45, 2.75) is 47.0 Å². The zero-order chi connectivity index (χ0) is 17.2. The lowest BCUT2D eigenvalue weighted by atomic mass is 10.2. The fraction of sp³-hybridized carbons (Fsp3) is 0.647. The number of aromatic nitrogens is 2. The van der Waals surface area contributed by atoms with Crippen LogP contribution in [0.5, 0.6) is 0 Å². The summed E-state index contributed by atoms with van der Waals surface area (Å²) in [6.07, 6.45) is 5.28. The molecule has 0 aliphatic rings. The summed E-state index contributed by atoms with van der Waals surface area (Å²) in [6.45, 7) is 9.69. The predicted octanol–water partition coefficient (Wildman–Crippen LogP) is 2.19. The molecule has 0 aliphatic heterocycles. The van der Waals surface area contributed by atoms with Gasteiger partial charge in [-0.3, -0.25) is 14.6 Å². The molecule has 6 nitrogen and oxygen atoms in total. The van der Waals surface area contributed by atoms with Crippen LogP contribution in [-0.2, 0) is 4.79 Å². The van der Waals surface area contributed by atoms with Crippen molar-refractivity contribution in [3.05, 3.63) is 23.8 Å². The Morgan fingerprint density at radius 2 is 1.96 bits per heavy atom. The highest BCUT2D eigenvalue weighted by atomic mass is 16.2. The number of unbranched alkanes of at least 4 members (excludes halogenated alkanes) is 1. The van der Waals surface area contributed by atoms with Crippen LogP contribution in [0.3, 0.4) is 0 Å². The van der Waals surface area contributed by atoms with Crippen LogP contribution in [-0.4, -0.2) is 46.3 Å². The Morgan fingerprint density at radius 3 is 2.52 bits per heavy atom. The van der Waals surface area contributed by atoms with Crippen molar-refractivity contribution in [2.75, 3.05) is 19.6 Å². The fourth-order valence-corrected chi connectivity index (χ4v) is 1.97. The minimum Gasteiger partial charge on any atom is -0.356 e. The summed E-state index contributed by atoms with van der Waals surface area (Å²) in [5.74, 6) is 0.227. The lowest BCUT2D eigenvalue weighted by Crippen LogP contribution is -2.37. The molecule has 0 saturated heterocycles. The van der Waals surface area contributed by atoms with Crippen molar-refractivity contribution in [2.24, 2.45) is 5.92 Å². The number of hydrogen-bond acceptors (Lipinski definition) is 4. The third-order valence-corrected chi connectivity index (χ3v) is 3.39. The number of aryl methyl sites for hydroxylation is 1. The van der Waals surface area contributed by atoms with Gasteiger partial charge in [0.2, 0.25) is 5.91 Å². The van der Waals surface area contributed by atoms with Crippen LogP contribution in [0.2, 0.25) is 0 Å². The van der Waals surface area contributed by atoms with E-state index in [4.69, 9.17) is 0 Å². The van der Waals surface area contributed by atoms with Gasteiger partial charge in [0.25, 0.3) is 5.91 Å². The van der Waals surface area contributed by atoms with E-state index in [1.54, 1.807) is 11.1 Å². The molecule has 0 spiro atoms. The topological polar surface area (TPSA) is 75.2 Å². The minimum atomic E-state index is -0.164. The number of amides is 2. The summed E-state index contributed by atoms with van der Waals surface area (Å²) in [6, 6.07) is 0. The molecule has 0 unspecified atom stereocenters. The van der Waals surface area contributed by atoms with Crippen molar-refractivity contribution in [3.63, 3.8) is 0 Å². The highest BCUT2D eigenvalue weighted by molar-refractivity contribution is 5.92. The minimum absolute atomic E-state index is 0.0250. The van der Waals surface area contributed by atoms with Crippen LogP contribution in [0.25, 0.3) is 0 Å². The van der Waals surface area contributed by atoms with Gasteiger partial charge in [-0.15, -0.1) is 0 Å². The number of carbonyl (C=O) groups is 2. The fourth-order valence-electron chi connectivity index (χ4n) is 1.97. The van der Waals surface area contributed by atoms with E-state index in [1.165, 1.54) is 6.20 Å². The monoisotopic (exact) mass is 320 g/mol. The predicted molar refractivity (Wildman–Crippen MR) is 90.0 cm³/mol. The van der Waals surface area contributed by atoms with E-state index >= 15 is 0 Å². The summed E-state index contributed by atoms with van der Waals surface area (Å²) in [4.78, 5) is 34.3. The normalized spacial score (nSPS) is 10.7. The second kappa shape index (κ2) is 9.92. The van der Waals surface area contributed by atoms with Gasteiger partial charge >= 0.3 is 0 Å². The molecule has 0 aromatic carbocycles. The molecule has 1 rings (SSSR count). The molecule has 0 atom stereocenters. The first-order valence-electron chi connectivity index (χ1n) is 8.28. The first-order valence-corrected chi connectivity index (χ1v) is 8.28. The van der Waals surface area contributed by atoms with E-state index in [0.717, 1.165) is 18.5 Å².